The number of ether oxygens (including phenoxy) is 1. The number of rotatable bonds is 4. The van der Waals surface area contributed by atoms with Crippen LogP contribution < -0.4 is 0 Å². The first-order valence-corrected chi connectivity index (χ1v) is 5.30. The molecule has 0 saturated heterocycles. The molecule has 1 rings (SSSR count). The van der Waals surface area contributed by atoms with E-state index >= 15 is 0 Å². The molecule has 1 atom stereocenters. The molecule has 1 fully saturated rings. The lowest BCUT2D eigenvalue weighted by Crippen LogP contribution is -2.15. The van der Waals surface area contributed by atoms with Crippen molar-refractivity contribution in [3.63, 3.8) is 0 Å². The van der Waals surface area contributed by atoms with Gasteiger partial charge in [0.25, 0.3) is 0 Å². The number of hydrogen-bond acceptors (Lipinski definition) is 2. The van der Waals surface area contributed by atoms with Gasteiger partial charge in [0.2, 0.25) is 0 Å². The van der Waals surface area contributed by atoms with Crippen LogP contribution in [0.3, 0.4) is 0 Å². The molecule has 74 valence electrons. The summed E-state index contributed by atoms with van der Waals surface area (Å²) < 4.78 is 5.50. The molecular formula is C11H19NO. The third kappa shape index (κ3) is 4.28. The fourth-order valence-electron chi connectivity index (χ4n) is 1.80. The maximum Gasteiger partial charge on any atom is 0.0677 e. The first-order chi connectivity index (χ1) is 6.33. The van der Waals surface area contributed by atoms with Gasteiger partial charge in [-0.3, -0.25) is 0 Å². The van der Waals surface area contributed by atoms with E-state index < -0.39 is 0 Å². The summed E-state index contributed by atoms with van der Waals surface area (Å²) in [6.45, 7) is 3.37. The van der Waals surface area contributed by atoms with Gasteiger partial charge in [0.1, 0.15) is 0 Å². The zero-order valence-corrected chi connectivity index (χ0v) is 8.46. The third-order valence-electron chi connectivity index (χ3n) is 2.67. The summed E-state index contributed by atoms with van der Waals surface area (Å²) in [4.78, 5) is 0. The molecule has 1 aliphatic rings. The molecule has 0 spiro atoms. The lowest BCUT2D eigenvalue weighted by atomic mass is 9.90. The minimum atomic E-state index is 0.0450. The minimum Gasteiger partial charge on any atom is -0.380 e. The molecule has 0 heterocycles. The second-order valence-corrected chi connectivity index (χ2v) is 4.07. The summed E-state index contributed by atoms with van der Waals surface area (Å²) in [6, 6.07) is 2.18. The van der Waals surface area contributed by atoms with Crippen LogP contribution in [0.2, 0.25) is 0 Å². The summed E-state index contributed by atoms with van der Waals surface area (Å²) in [6.07, 6.45) is 6.76. The highest BCUT2D eigenvalue weighted by Crippen LogP contribution is 2.23. The van der Waals surface area contributed by atoms with Crippen LogP contribution in [0.25, 0.3) is 0 Å². The van der Waals surface area contributed by atoms with Crippen molar-refractivity contribution in [3.8, 4) is 6.07 Å². The maximum atomic E-state index is 8.54. The van der Waals surface area contributed by atoms with Crippen molar-refractivity contribution in [2.45, 2.75) is 39.0 Å². The highest BCUT2D eigenvalue weighted by atomic mass is 16.5. The van der Waals surface area contributed by atoms with Crippen molar-refractivity contribution in [2.24, 2.45) is 11.8 Å². The van der Waals surface area contributed by atoms with E-state index in [0.29, 0.717) is 6.61 Å². The quantitative estimate of drug-likeness (QED) is 0.668. The van der Waals surface area contributed by atoms with Gasteiger partial charge in [-0.15, -0.1) is 0 Å². The molecule has 0 amide bonds. The molecule has 2 nitrogen and oxygen atoms in total. The van der Waals surface area contributed by atoms with Crippen LogP contribution in [0.5, 0.6) is 0 Å². The van der Waals surface area contributed by atoms with E-state index in [0.717, 1.165) is 12.5 Å². The Hall–Kier alpha value is -0.550. The Labute approximate surface area is 80.9 Å². The minimum absolute atomic E-state index is 0.0450. The largest absolute Gasteiger partial charge is 0.380 e. The van der Waals surface area contributed by atoms with Gasteiger partial charge in [-0.25, -0.2) is 0 Å². The van der Waals surface area contributed by atoms with E-state index in [9.17, 15) is 0 Å². The Bertz CT molecular complexity index is 167. The summed E-state index contributed by atoms with van der Waals surface area (Å²) in [7, 11) is 0. The predicted molar refractivity (Wildman–Crippen MR) is 52.2 cm³/mol. The average molecular weight is 181 g/mol. The Morgan fingerprint density at radius 2 is 2.08 bits per heavy atom. The molecule has 0 bridgehead atoms. The molecule has 0 aromatic rings. The second-order valence-electron chi connectivity index (χ2n) is 4.07. The molecule has 2 heteroatoms. The van der Waals surface area contributed by atoms with Crippen molar-refractivity contribution in [1.82, 2.24) is 0 Å². The monoisotopic (exact) mass is 181 g/mol. The summed E-state index contributed by atoms with van der Waals surface area (Å²) in [5.74, 6) is 0.809. The summed E-state index contributed by atoms with van der Waals surface area (Å²) >= 11 is 0. The Morgan fingerprint density at radius 3 is 2.69 bits per heavy atom. The van der Waals surface area contributed by atoms with Gasteiger partial charge < -0.3 is 4.74 Å². The molecule has 0 aliphatic heterocycles. The highest BCUT2D eigenvalue weighted by Gasteiger charge is 2.13. The van der Waals surface area contributed by atoms with Crippen LogP contribution in [-0.4, -0.2) is 13.2 Å². The van der Waals surface area contributed by atoms with Crippen LogP contribution in [0.1, 0.15) is 39.0 Å². The van der Waals surface area contributed by atoms with E-state index in [1.807, 2.05) is 6.92 Å². The Balaban J connectivity index is 2.02. The molecule has 1 unspecified atom stereocenters. The van der Waals surface area contributed by atoms with E-state index in [-0.39, 0.29) is 5.92 Å². The van der Waals surface area contributed by atoms with Gasteiger partial charge in [0.05, 0.1) is 18.6 Å². The predicted octanol–water partition coefficient (Wildman–Crippen LogP) is 2.74. The highest BCUT2D eigenvalue weighted by molar-refractivity contribution is 4.78. The summed E-state index contributed by atoms with van der Waals surface area (Å²) in [5.41, 5.74) is 0. The summed E-state index contributed by atoms with van der Waals surface area (Å²) in [5, 5.41) is 8.54. The normalized spacial score (nSPS) is 20.9. The smallest absolute Gasteiger partial charge is 0.0677 e. The third-order valence-corrected chi connectivity index (χ3v) is 2.67. The van der Waals surface area contributed by atoms with Crippen molar-refractivity contribution < 1.29 is 4.74 Å². The molecule has 0 aromatic carbocycles. The fraction of sp³-hybridized carbons (Fsp3) is 0.909. The topological polar surface area (TPSA) is 33.0 Å². The standard InChI is InChI=1S/C11H19NO/c1-10(7-12)8-13-9-11-5-3-2-4-6-11/h10-11H,2-6,8-9H2,1H3. The van der Waals surface area contributed by atoms with Gasteiger partial charge in [-0.2, -0.15) is 5.26 Å². The molecule has 13 heavy (non-hydrogen) atoms. The molecule has 1 aliphatic carbocycles. The van der Waals surface area contributed by atoms with Crippen LogP contribution >= 0.6 is 0 Å². The van der Waals surface area contributed by atoms with Gasteiger partial charge in [0, 0.05) is 6.61 Å². The van der Waals surface area contributed by atoms with Gasteiger partial charge in [-0.05, 0) is 25.7 Å². The van der Waals surface area contributed by atoms with Gasteiger partial charge in [-0.1, -0.05) is 19.3 Å². The number of nitrogens with zero attached hydrogens (tertiary/aromatic N) is 1. The average Bonchev–Trinajstić information content (AvgIpc) is 2.19. The SMILES string of the molecule is CC(C#N)COCC1CCCCC1. The fourth-order valence-corrected chi connectivity index (χ4v) is 1.80. The molecule has 0 N–H and O–H groups in total. The van der Waals surface area contributed by atoms with E-state index in [2.05, 4.69) is 6.07 Å². The van der Waals surface area contributed by atoms with Crippen LogP contribution in [0.15, 0.2) is 0 Å². The zero-order chi connectivity index (χ0) is 9.52. The Kier molecular flexibility index (Phi) is 4.85. The first kappa shape index (κ1) is 10.5. The van der Waals surface area contributed by atoms with Crippen LogP contribution in [0.4, 0.5) is 0 Å². The molecule has 1 saturated carbocycles. The van der Waals surface area contributed by atoms with Crippen molar-refractivity contribution in [1.29, 1.82) is 5.26 Å². The van der Waals surface area contributed by atoms with Gasteiger partial charge in [0.15, 0.2) is 0 Å². The maximum absolute atomic E-state index is 8.54. The van der Waals surface area contributed by atoms with E-state index in [1.54, 1.807) is 0 Å². The van der Waals surface area contributed by atoms with Crippen molar-refractivity contribution in [2.75, 3.05) is 13.2 Å². The first-order valence-electron chi connectivity index (χ1n) is 5.30. The van der Waals surface area contributed by atoms with E-state index in [1.165, 1.54) is 32.1 Å². The van der Waals surface area contributed by atoms with Gasteiger partial charge >= 0.3 is 0 Å². The molecule has 0 radical (unpaired) electrons. The lowest BCUT2D eigenvalue weighted by Gasteiger charge is -2.21. The molecule has 0 aromatic heterocycles. The second kappa shape index (κ2) is 5.99. The number of nitriles is 1. The van der Waals surface area contributed by atoms with E-state index in [4.69, 9.17) is 10.00 Å². The number of hydrogen-bond donors (Lipinski definition) is 0. The Morgan fingerprint density at radius 1 is 1.38 bits per heavy atom. The van der Waals surface area contributed by atoms with Crippen LogP contribution in [-0.2, 0) is 4.74 Å². The lowest BCUT2D eigenvalue weighted by molar-refractivity contribution is 0.0740. The van der Waals surface area contributed by atoms with Crippen molar-refractivity contribution in [3.05, 3.63) is 0 Å². The van der Waals surface area contributed by atoms with Crippen molar-refractivity contribution >= 4 is 0 Å². The van der Waals surface area contributed by atoms with Crippen LogP contribution in [0, 0.1) is 23.2 Å². The molecular weight excluding hydrogens is 162 g/mol. The zero-order valence-electron chi connectivity index (χ0n) is 8.46.